The van der Waals surface area contributed by atoms with Gasteiger partial charge in [-0.15, -0.1) is 0 Å². The Hall–Kier alpha value is -1.91. The molecule has 2 aromatic heterocycles. The third-order valence-corrected chi connectivity index (χ3v) is 3.95. The van der Waals surface area contributed by atoms with Crippen LogP contribution in [0.4, 0.5) is 0 Å². The van der Waals surface area contributed by atoms with Gasteiger partial charge in [0.15, 0.2) is 5.65 Å². The fourth-order valence-electron chi connectivity index (χ4n) is 2.65. The summed E-state index contributed by atoms with van der Waals surface area (Å²) in [5.74, 6) is 0.961. The van der Waals surface area contributed by atoms with E-state index in [1.807, 2.05) is 37.3 Å². The maximum Gasteiger partial charge on any atom is 0.166 e. The smallest absolute Gasteiger partial charge is 0.166 e. The number of imidazole rings is 1. The van der Waals surface area contributed by atoms with Crippen LogP contribution in [0.5, 0.6) is 0 Å². The Labute approximate surface area is 134 Å². The van der Waals surface area contributed by atoms with Gasteiger partial charge in [-0.1, -0.05) is 30.7 Å². The van der Waals surface area contributed by atoms with Crippen molar-refractivity contribution >= 4 is 22.8 Å². The first kappa shape index (κ1) is 15.0. The Morgan fingerprint density at radius 2 is 1.91 bits per heavy atom. The quantitative estimate of drug-likeness (QED) is 0.750. The first-order valence-corrected chi connectivity index (χ1v) is 7.76. The van der Waals surface area contributed by atoms with E-state index >= 15 is 0 Å². The van der Waals surface area contributed by atoms with Crippen molar-refractivity contribution in [2.45, 2.75) is 26.7 Å². The summed E-state index contributed by atoms with van der Waals surface area (Å²) in [6.45, 7) is 4.23. The SMILES string of the molecule is CCc1nc2c(C)cc(Cl)nc2n1-c1ccc(CCO)cc1. The van der Waals surface area contributed by atoms with Crippen LogP contribution in [0.1, 0.15) is 23.9 Å². The second kappa shape index (κ2) is 6.07. The molecule has 4 nitrogen and oxygen atoms in total. The van der Waals surface area contributed by atoms with Crippen molar-refractivity contribution in [3.63, 3.8) is 0 Å². The molecule has 0 aliphatic heterocycles. The first-order valence-electron chi connectivity index (χ1n) is 7.38. The first-order chi connectivity index (χ1) is 10.6. The van der Waals surface area contributed by atoms with Crippen LogP contribution < -0.4 is 0 Å². The molecule has 0 amide bonds. The van der Waals surface area contributed by atoms with Crippen molar-refractivity contribution in [3.8, 4) is 5.69 Å². The monoisotopic (exact) mass is 315 g/mol. The molecule has 1 N–H and O–H groups in total. The second-order valence-corrected chi connectivity index (χ2v) is 5.68. The average molecular weight is 316 g/mol. The third-order valence-electron chi connectivity index (χ3n) is 3.76. The molecule has 0 spiro atoms. The molecular formula is C17H18ClN3O. The molecule has 0 fully saturated rings. The molecule has 0 aliphatic carbocycles. The highest BCUT2D eigenvalue weighted by atomic mass is 35.5. The molecule has 3 rings (SSSR count). The lowest BCUT2D eigenvalue weighted by atomic mass is 10.1. The molecule has 5 heteroatoms. The van der Waals surface area contributed by atoms with Crippen LogP contribution in [-0.4, -0.2) is 26.2 Å². The number of nitrogens with zero attached hydrogens (tertiary/aromatic N) is 3. The van der Waals surface area contributed by atoms with E-state index < -0.39 is 0 Å². The van der Waals surface area contributed by atoms with Crippen molar-refractivity contribution < 1.29 is 5.11 Å². The van der Waals surface area contributed by atoms with Gasteiger partial charge in [0.25, 0.3) is 0 Å². The van der Waals surface area contributed by atoms with Crippen LogP contribution in [0.2, 0.25) is 5.15 Å². The number of pyridine rings is 1. The van der Waals surface area contributed by atoms with Crippen LogP contribution in [0.25, 0.3) is 16.9 Å². The zero-order chi connectivity index (χ0) is 15.7. The Balaban J connectivity index is 2.20. The molecule has 0 atom stereocenters. The van der Waals surface area contributed by atoms with Gasteiger partial charge in [-0.2, -0.15) is 0 Å². The van der Waals surface area contributed by atoms with Gasteiger partial charge >= 0.3 is 0 Å². The Morgan fingerprint density at radius 3 is 2.55 bits per heavy atom. The fraction of sp³-hybridized carbons (Fsp3) is 0.294. The normalized spacial score (nSPS) is 11.3. The van der Waals surface area contributed by atoms with E-state index in [1.54, 1.807) is 0 Å². The Morgan fingerprint density at radius 1 is 1.18 bits per heavy atom. The van der Waals surface area contributed by atoms with Gasteiger partial charge in [-0.3, -0.25) is 4.57 Å². The summed E-state index contributed by atoms with van der Waals surface area (Å²) in [6.07, 6.45) is 1.47. The lowest BCUT2D eigenvalue weighted by Crippen LogP contribution is -2.01. The standard InChI is InChI=1S/C17H18ClN3O/c1-3-15-20-16-11(2)10-14(18)19-17(16)21(15)13-6-4-12(5-7-13)8-9-22/h4-7,10,22H,3,8-9H2,1-2H3. The molecule has 2 heterocycles. The number of aromatic nitrogens is 3. The molecule has 114 valence electrons. The molecule has 0 radical (unpaired) electrons. The number of benzene rings is 1. The van der Waals surface area contributed by atoms with Crippen molar-refractivity contribution in [3.05, 3.63) is 52.4 Å². The number of hydrogen-bond acceptors (Lipinski definition) is 3. The van der Waals surface area contributed by atoms with Gasteiger partial charge in [0.1, 0.15) is 16.5 Å². The van der Waals surface area contributed by atoms with Crippen molar-refractivity contribution in [1.82, 2.24) is 14.5 Å². The highest BCUT2D eigenvalue weighted by molar-refractivity contribution is 6.29. The van der Waals surface area contributed by atoms with Gasteiger partial charge < -0.3 is 5.11 Å². The minimum atomic E-state index is 0.157. The maximum absolute atomic E-state index is 9.02. The van der Waals surface area contributed by atoms with Crippen LogP contribution in [0, 0.1) is 6.92 Å². The predicted octanol–water partition coefficient (Wildman–Crippen LogP) is 3.48. The van der Waals surface area contributed by atoms with E-state index in [4.69, 9.17) is 21.7 Å². The van der Waals surface area contributed by atoms with Gasteiger partial charge in [-0.05, 0) is 42.7 Å². The van der Waals surface area contributed by atoms with Crippen LogP contribution in [0.3, 0.4) is 0 Å². The van der Waals surface area contributed by atoms with Gasteiger partial charge in [0.2, 0.25) is 0 Å². The summed E-state index contributed by atoms with van der Waals surface area (Å²) in [5.41, 5.74) is 4.82. The summed E-state index contributed by atoms with van der Waals surface area (Å²) in [6, 6.07) is 9.94. The van der Waals surface area contributed by atoms with E-state index in [9.17, 15) is 0 Å². The third kappa shape index (κ3) is 2.60. The highest BCUT2D eigenvalue weighted by Crippen LogP contribution is 2.25. The minimum absolute atomic E-state index is 0.157. The maximum atomic E-state index is 9.02. The number of halogens is 1. The lowest BCUT2D eigenvalue weighted by Gasteiger charge is -2.09. The molecule has 0 unspecified atom stereocenters. The van der Waals surface area contributed by atoms with Crippen LogP contribution in [-0.2, 0) is 12.8 Å². The summed E-state index contributed by atoms with van der Waals surface area (Å²) in [7, 11) is 0. The average Bonchev–Trinajstić information content (AvgIpc) is 2.87. The van der Waals surface area contributed by atoms with E-state index in [1.165, 1.54) is 0 Å². The van der Waals surface area contributed by atoms with Crippen molar-refractivity contribution in [2.75, 3.05) is 6.61 Å². The highest BCUT2D eigenvalue weighted by Gasteiger charge is 2.15. The molecule has 0 saturated carbocycles. The number of fused-ring (bicyclic) bond motifs is 1. The Bertz CT molecular complexity index is 809. The zero-order valence-electron chi connectivity index (χ0n) is 12.7. The topological polar surface area (TPSA) is 50.9 Å². The number of rotatable bonds is 4. The minimum Gasteiger partial charge on any atom is -0.396 e. The Kier molecular flexibility index (Phi) is 4.14. The van der Waals surface area contributed by atoms with Crippen molar-refractivity contribution in [2.24, 2.45) is 0 Å². The molecular weight excluding hydrogens is 298 g/mol. The molecule has 3 aromatic rings. The van der Waals surface area contributed by atoms with E-state index in [-0.39, 0.29) is 6.61 Å². The second-order valence-electron chi connectivity index (χ2n) is 5.29. The fourth-order valence-corrected chi connectivity index (χ4v) is 2.90. The van der Waals surface area contributed by atoms with Crippen LogP contribution >= 0.6 is 11.6 Å². The van der Waals surface area contributed by atoms with E-state index in [2.05, 4.69) is 16.5 Å². The number of aryl methyl sites for hydroxylation is 2. The van der Waals surface area contributed by atoms with E-state index in [0.29, 0.717) is 11.6 Å². The van der Waals surface area contributed by atoms with Crippen molar-refractivity contribution in [1.29, 1.82) is 0 Å². The zero-order valence-corrected chi connectivity index (χ0v) is 13.4. The molecule has 1 aromatic carbocycles. The van der Waals surface area contributed by atoms with E-state index in [0.717, 1.165) is 40.2 Å². The summed E-state index contributed by atoms with van der Waals surface area (Å²) >= 11 is 6.12. The summed E-state index contributed by atoms with van der Waals surface area (Å²) in [5, 5.41) is 9.50. The van der Waals surface area contributed by atoms with Gasteiger partial charge in [-0.25, -0.2) is 9.97 Å². The molecule has 22 heavy (non-hydrogen) atoms. The number of hydrogen-bond donors (Lipinski definition) is 1. The molecule has 0 saturated heterocycles. The summed E-state index contributed by atoms with van der Waals surface area (Å²) in [4.78, 5) is 9.17. The predicted molar refractivity (Wildman–Crippen MR) is 88.8 cm³/mol. The molecule has 0 bridgehead atoms. The van der Waals surface area contributed by atoms with Gasteiger partial charge in [0, 0.05) is 18.7 Å². The largest absolute Gasteiger partial charge is 0.396 e. The van der Waals surface area contributed by atoms with Gasteiger partial charge in [0.05, 0.1) is 0 Å². The number of aliphatic hydroxyl groups is 1. The van der Waals surface area contributed by atoms with Crippen LogP contribution in [0.15, 0.2) is 30.3 Å². The lowest BCUT2D eigenvalue weighted by molar-refractivity contribution is 0.299. The summed E-state index contributed by atoms with van der Waals surface area (Å²) < 4.78 is 2.05. The molecule has 0 aliphatic rings. The number of aliphatic hydroxyl groups excluding tert-OH is 1.